The summed E-state index contributed by atoms with van der Waals surface area (Å²) in [6.07, 6.45) is 1.88. The van der Waals surface area contributed by atoms with Crippen LogP contribution in [0.25, 0.3) is 44.5 Å². The van der Waals surface area contributed by atoms with Crippen LogP contribution in [0.15, 0.2) is 170 Å². The zero-order chi connectivity index (χ0) is 39.8. The Labute approximate surface area is 343 Å². The third-order valence-electron chi connectivity index (χ3n) is 13.8. The molecule has 8 aromatic rings. The maximum absolute atomic E-state index is 8.80. The van der Waals surface area contributed by atoms with E-state index in [1.165, 1.54) is 77.9 Å². The Morgan fingerprint density at radius 1 is 0.431 bits per heavy atom. The summed E-state index contributed by atoms with van der Waals surface area (Å²) in [6.45, 7) is 9.17. The van der Waals surface area contributed by atoms with Crippen LogP contribution in [0.3, 0.4) is 0 Å². The minimum atomic E-state index is -0.442. The maximum Gasteiger partial charge on any atom is 0.0726 e. The molecule has 0 atom stereocenters. The summed E-state index contributed by atoms with van der Waals surface area (Å²) in [5.74, 6) is -0.421. The third-order valence-corrected chi connectivity index (χ3v) is 13.8. The van der Waals surface area contributed by atoms with Crippen LogP contribution in [0.4, 0.5) is 17.1 Å². The van der Waals surface area contributed by atoms with E-state index in [9.17, 15) is 0 Å². The van der Waals surface area contributed by atoms with E-state index in [1.54, 1.807) is 0 Å². The molecule has 0 radical (unpaired) electrons. The molecule has 0 heterocycles. The Bertz CT molecular complexity index is 3020. The lowest BCUT2D eigenvalue weighted by molar-refractivity contribution is 0.660. The molecule has 0 bridgehead atoms. The molecule has 1 heteroatoms. The fraction of sp³-hybridized carbons (Fsp3) is 0.158. The molecule has 0 N–H and O–H groups in total. The minimum absolute atomic E-state index is 0.0746. The summed E-state index contributed by atoms with van der Waals surface area (Å²) in [4.78, 5) is 2.47. The molecule has 0 saturated heterocycles. The van der Waals surface area contributed by atoms with Gasteiger partial charge in [-0.25, -0.2) is 0 Å². The Hall–Kier alpha value is -6.44. The van der Waals surface area contributed by atoms with E-state index < -0.39 is 11.3 Å². The van der Waals surface area contributed by atoms with Crippen molar-refractivity contribution in [3.8, 4) is 44.5 Å². The van der Waals surface area contributed by atoms with Crippen molar-refractivity contribution in [2.75, 3.05) is 4.90 Å². The van der Waals surface area contributed by atoms with Gasteiger partial charge >= 0.3 is 0 Å². The fourth-order valence-electron chi connectivity index (χ4n) is 10.9. The van der Waals surface area contributed by atoms with E-state index >= 15 is 0 Å². The zero-order valence-corrected chi connectivity index (χ0v) is 33.5. The first-order valence-electron chi connectivity index (χ1n) is 21.4. The van der Waals surface area contributed by atoms with E-state index in [4.69, 9.17) is 1.37 Å². The van der Waals surface area contributed by atoms with Crippen molar-refractivity contribution >= 4 is 17.1 Å². The second-order valence-electron chi connectivity index (χ2n) is 17.6. The highest BCUT2D eigenvalue weighted by molar-refractivity contribution is 5.97. The number of anilines is 3. The number of hydrogen-bond donors (Lipinski definition) is 0. The van der Waals surface area contributed by atoms with Gasteiger partial charge in [0.05, 0.1) is 5.41 Å². The summed E-state index contributed by atoms with van der Waals surface area (Å²) in [5.41, 5.74) is 24.9. The Kier molecular flexibility index (Phi) is 6.77. The predicted octanol–water partition coefficient (Wildman–Crippen LogP) is 15.0. The van der Waals surface area contributed by atoms with Crippen molar-refractivity contribution in [1.82, 2.24) is 0 Å². The first-order valence-corrected chi connectivity index (χ1v) is 20.9. The average molecular weight is 745 g/mol. The smallest absolute Gasteiger partial charge is 0.0726 e. The number of fused-ring (bicyclic) bond motifs is 13. The highest BCUT2D eigenvalue weighted by Gasteiger charge is 2.52. The molecular formula is C57H45N. The van der Waals surface area contributed by atoms with Crippen molar-refractivity contribution in [2.45, 2.75) is 57.3 Å². The van der Waals surface area contributed by atoms with Gasteiger partial charge in [-0.2, -0.15) is 0 Å². The quantitative estimate of drug-likeness (QED) is 0.170. The summed E-state index contributed by atoms with van der Waals surface area (Å²) in [7, 11) is 0. The third kappa shape index (κ3) is 4.65. The van der Waals surface area contributed by atoms with Crippen LogP contribution in [0.1, 0.15) is 84.0 Å². The van der Waals surface area contributed by atoms with Gasteiger partial charge in [0.1, 0.15) is 0 Å². The van der Waals surface area contributed by atoms with Gasteiger partial charge in [0.2, 0.25) is 0 Å². The molecule has 278 valence electrons. The summed E-state index contributed by atoms with van der Waals surface area (Å²) >= 11 is 0. The number of hydrogen-bond acceptors (Lipinski definition) is 1. The van der Waals surface area contributed by atoms with Gasteiger partial charge in [0, 0.05) is 23.8 Å². The molecule has 1 nitrogen and oxygen atoms in total. The standard InChI is InChI=1S/C57H45N/c1-35-16-26-46-47-27-17-36(2)31-54(47)57(53(46)30-35)52-15-8-6-12-44(52)48-28-24-43(34-55(48)57)58(41-22-20-38(21-23-41)40-11-9-10-39(32-40)37-18-19-37)42-25-29-51-49(33-42)45-13-5-7-14-50(45)56(51,3)4/h5-17,20-34,37H,18-19H2,1-4H3/i37D. The average Bonchev–Trinajstić information content (AvgIpc) is 3.80. The van der Waals surface area contributed by atoms with Crippen LogP contribution < -0.4 is 4.90 Å². The van der Waals surface area contributed by atoms with E-state index in [0.717, 1.165) is 46.6 Å². The van der Waals surface area contributed by atoms with E-state index in [1.807, 2.05) is 0 Å². The molecule has 8 aromatic carbocycles. The van der Waals surface area contributed by atoms with Crippen molar-refractivity contribution < 1.29 is 1.37 Å². The van der Waals surface area contributed by atoms with Gasteiger partial charge < -0.3 is 4.90 Å². The van der Waals surface area contributed by atoms with Crippen molar-refractivity contribution in [3.63, 3.8) is 0 Å². The first-order chi connectivity index (χ1) is 28.6. The highest BCUT2D eigenvalue weighted by Crippen LogP contribution is 2.64. The molecule has 4 aliphatic rings. The zero-order valence-electron chi connectivity index (χ0n) is 34.5. The molecule has 1 spiro atoms. The summed E-state index contributed by atoms with van der Waals surface area (Å²) in [6, 6.07) is 64.2. The molecule has 1 saturated carbocycles. The van der Waals surface area contributed by atoms with Crippen LogP contribution in [0, 0.1) is 13.8 Å². The number of aryl methyl sites for hydroxylation is 2. The predicted molar refractivity (Wildman–Crippen MR) is 242 cm³/mol. The highest BCUT2D eigenvalue weighted by atomic mass is 15.1. The van der Waals surface area contributed by atoms with Crippen molar-refractivity contribution in [2.24, 2.45) is 0 Å². The molecule has 58 heavy (non-hydrogen) atoms. The van der Waals surface area contributed by atoms with Crippen LogP contribution in [0.2, 0.25) is 0 Å². The normalized spacial score (nSPS) is 16.4. The Balaban J connectivity index is 1.08. The van der Waals surface area contributed by atoms with Gasteiger partial charge in [-0.05, 0) is 152 Å². The second-order valence-corrected chi connectivity index (χ2v) is 17.6. The van der Waals surface area contributed by atoms with Gasteiger partial charge in [0.15, 0.2) is 0 Å². The lowest BCUT2D eigenvalue weighted by atomic mass is 9.70. The second kappa shape index (κ2) is 12.0. The van der Waals surface area contributed by atoms with Gasteiger partial charge in [-0.15, -0.1) is 0 Å². The Morgan fingerprint density at radius 2 is 0.966 bits per heavy atom. The lowest BCUT2D eigenvalue weighted by Gasteiger charge is -2.32. The fourth-order valence-corrected chi connectivity index (χ4v) is 10.9. The first kappa shape index (κ1) is 32.6. The van der Waals surface area contributed by atoms with Crippen LogP contribution >= 0.6 is 0 Å². The molecule has 4 aliphatic carbocycles. The van der Waals surface area contributed by atoms with E-state index in [0.29, 0.717) is 0 Å². The van der Waals surface area contributed by atoms with Crippen LogP contribution in [-0.4, -0.2) is 0 Å². The molecule has 0 amide bonds. The molecule has 0 unspecified atom stereocenters. The number of rotatable bonds is 5. The Morgan fingerprint density at radius 3 is 1.66 bits per heavy atom. The number of benzene rings is 8. The minimum Gasteiger partial charge on any atom is -0.310 e. The van der Waals surface area contributed by atoms with Crippen LogP contribution in [-0.2, 0) is 10.8 Å². The van der Waals surface area contributed by atoms with Gasteiger partial charge in [-0.3, -0.25) is 0 Å². The maximum atomic E-state index is 8.80. The largest absolute Gasteiger partial charge is 0.310 e. The lowest BCUT2D eigenvalue weighted by Crippen LogP contribution is -2.26. The summed E-state index contributed by atoms with van der Waals surface area (Å²) in [5, 5.41) is 0. The molecular weight excluding hydrogens is 699 g/mol. The van der Waals surface area contributed by atoms with Crippen LogP contribution in [0.5, 0.6) is 0 Å². The van der Waals surface area contributed by atoms with E-state index in [-0.39, 0.29) is 5.41 Å². The number of nitrogens with zero attached hydrogens (tertiary/aromatic N) is 1. The molecule has 12 rings (SSSR count). The molecule has 0 aromatic heterocycles. The van der Waals surface area contributed by atoms with E-state index in [2.05, 4.69) is 202 Å². The molecule has 0 aliphatic heterocycles. The topological polar surface area (TPSA) is 3.24 Å². The van der Waals surface area contributed by atoms with Crippen molar-refractivity contribution in [3.05, 3.63) is 220 Å². The summed E-state index contributed by atoms with van der Waals surface area (Å²) < 4.78 is 8.80. The molecule has 1 fully saturated rings. The van der Waals surface area contributed by atoms with Gasteiger partial charge in [-0.1, -0.05) is 158 Å². The monoisotopic (exact) mass is 744 g/mol. The SMILES string of the molecule is [2H]C1(c2cccc(-c3ccc(N(c4ccc5c(c4)-c4ccccc4C5(C)C)c4ccc5c(c4)C4(c6ccccc6-5)c5cc(C)ccc5-c5ccc(C)cc54)cc3)c2)CC1. The van der Waals surface area contributed by atoms with Gasteiger partial charge in [0.25, 0.3) is 0 Å². The van der Waals surface area contributed by atoms with Crippen molar-refractivity contribution in [1.29, 1.82) is 0 Å².